The van der Waals surface area contributed by atoms with Crippen LogP contribution in [0.4, 0.5) is 4.79 Å². The Bertz CT molecular complexity index is 261. The second kappa shape index (κ2) is 4.51. The number of rotatable bonds is 4. The molecule has 0 atom stereocenters. The highest BCUT2D eigenvalue weighted by Crippen LogP contribution is 2.26. The highest BCUT2D eigenvalue weighted by Gasteiger charge is 2.44. The van der Waals surface area contributed by atoms with Crippen molar-refractivity contribution in [2.75, 3.05) is 13.1 Å². The summed E-state index contributed by atoms with van der Waals surface area (Å²) in [4.78, 5) is 24.4. The lowest BCUT2D eigenvalue weighted by molar-refractivity contribution is -0.150. The standard InChI is InChI=1S/C10H18N2O3/c1-3-10(4-2,8(13)14)12-7-5-6-11-9(12)15/h3-7H2,1-2H3,(H,11,15)(H,13,14). The molecular formula is C10H18N2O3. The maximum Gasteiger partial charge on any atom is 0.329 e. The number of carboxylic acids is 1. The number of aliphatic carboxylic acids is 1. The highest BCUT2D eigenvalue weighted by molar-refractivity contribution is 5.86. The van der Waals surface area contributed by atoms with Crippen molar-refractivity contribution in [3.8, 4) is 0 Å². The van der Waals surface area contributed by atoms with E-state index in [9.17, 15) is 14.7 Å². The van der Waals surface area contributed by atoms with Crippen molar-refractivity contribution >= 4 is 12.0 Å². The molecule has 1 heterocycles. The Morgan fingerprint density at radius 1 is 1.53 bits per heavy atom. The van der Waals surface area contributed by atoms with Crippen LogP contribution in [0, 0.1) is 0 Å². The third kappa shape index (κ3) is 1.91. The fraction of sp³-hybridized carbons (Fsp3) is 0.800. The summed E-state index contributed by atoms with van der Waals surface area (Å²) < 4.78 is 0. The van der Waals surface area contributed by atoms with Crippen LogP contribution in [0.1, 0.15) is 33.1 Å². The largest absolute Gasteiger partial charge is 0.479 e. The van der Waals surface area contributed by atoms with Gasteiger partial charge in [0.1, 0.15) is 5.54 Å². The summed E-state index contributed by atoms with van der Waals surface area (Å²) in [6.45, 7) is 4.78. The first-order chi connectivity index (χ1) is 7.08. The van der Waals surface area contributed by atoms with Gasteiger partial charge in [0.2, 0.25) is 0 Å². The number of carboxylic acid groups (broad SMARTS) is 1. The minimum absolute atomic E-state index is 0.257. The number of carbonyl (C=O) groups is 2. The first-order valence-corrected chi connectivity index (χ1v) is 5.37. The van der Waals surface area contributed by atoms with Crippen LogP contribution in [0.3, 0.4) is 0 Å². The molecule has 0 bridgehead atoms. The maximum absolute atomic E-state index is 11.6. The Hall–Kier alpha value is -1.26. The van der Waals surface area contributed by atoms with Crippen LogP contribution >= 0.6 is 0 Å². The van der Waals surface area contributed by atoms with E-state index in [0.717, 1.165) is 6.42 Å². The molecule has 0 aromatic rings. The van der Waals surface area contributed by atoms with Gasteiger partial charge in [-0.25, -0.2) is 9.59 Å². The molecule has 0 aromatic carbocycles. The lowest BCUT2D eigenvalue weighted by Crippen LogP contribution is -2.61. The van der Waals surface area contributed by atoms with Crippen molar-refractivity contribution in [2.45, 2.75) is 38.6 Å². The predicted molar refractivity (Wildman–Crippen MR) is 55.7 cm³/mol. The molecule has 0 radical (unpaired) electrons. The predicted octanol–water partition coefficient (Wildman–Crippen LogP) is 1.05. The Labute approximate surface area is 89.4 Å². The van der Waals surface area contributed by atoms with Crippen molar-refractivity contribution in [3.05, 3.63) is 0 Å². The van der Waals surface area contributed by atoms with Gasteiger partial charge in [0.05, 0.1) is 0 Å². The van der Waals surface area contributed by atoms with Crippen LogP contribution in [0.5, 0.6) is 0 Å². The van der Waals surface area contributed by atoms with E-state index < -0.39 is 11.5 Å². The molecule has 1 aliphatic rings. The third-order valence-electron chi connectivity index (χ3n) is 3.16. The molecule has 15 heavy (non-hydrogen) atoms. The number of hydrogen-bond donors (Lipinski definition) is 2. The normalized spacial score (nSPS) is 17.5. The second-order valence-corrected chi connectivity index (χ2v) is 3.78. The minimum Gasteiger partial charge on any atom is -0.479 e. The van der Waals surface area contributed by atoms with Crippen LogP contribution in [0.2, 0.25) is 0 Å². The molecular weight excluding hydrogens is 196 g/mol. The van der Waals surface area contributed by atoms with Gasteiger partial charge in [0.15, 0.2) is 0 Å². The number of amides is 2. The molecule has 0 aromatic heterocycles. The van der Waals surface area contributed by atoms with Crippen molar-refractivity contribution < 1.29 is 14.7 Å². The van der Waals surface area contributed by atoms with E-state index in [2.05, 4.69) is 5.32 Å². The molecule has 0 spiro atoms. The molecule has 0 aliphatic carbocycles. The molecule has 0 saturated carbocycles. The van der Waals surface area contributed by atoms with Gasteiger partial charge >= 0.3 is 12.0 Å². The summed E-state index contributed by atoms with van der Waals surface area (Å²) in [7, 11) is 0. The van der Waals surface area contributed by atoms with Crippen molar-refractivity contribution in [1.82, 2.24) is 10.2 Å². The Morgan fingerprint density at radius 3 is 2.53 bits per heavy atom. The van der Waals surface area contributed by atoms with Crippen LogP contribution in [0.25, 0.3) is 0 Å². The number of nitrogens with zero attached hydrogens (tertiary/aromatic N) is 1. The number of nitrogens with one attached hydrogen (secondary N) is 1. The average molecular weight is 214 g/mol. The van der Waals surface area contributed by atoms with Crippen LogP contribution < -0.4 is 5.32 Å². The van der Waals surface area contributed by atoms with E-state index in [-0.39, 0.29) is 6.03 Å². The van der Waals surface area contributed by atoms with Crippen LogP contribution in [-0.2, 0) is 4.79 Å². The molecule has 2 amide bonds. The fourth-order valence-electron chi connectivity index (χ4n) is 2.09. The zero-order chi connectivity index (χ0) is 11.5. The molecule has 5 heteroatoms. The van der Waals surface area contributed by atoms with E-state index in [0.29, 0.717) is 25.9 Å². The van der Waals surface area contributed by atoms with Gasteiger partial charge in [-0.3, -0.25) is 0 Å². The molecule has 86 valence electrons. The molecule has 1 fully saturated rings. The maximum atomic E-state index is 11.6. The summed E-state index contributed by atoms with van der Waals surface area (Å²) in [6, 6.07) is -0.257. The summed E-state index contributed by atoms with van der Waals surface area (Å²) >= 11 is 0. The van der Waals surface area contributed by atoms with E-state index >= 15 is 0 Å². The third-order valence-corrected chi connectivity index (χ3v) is 3.16. The van der Waals surface area contributed by atoms with Crippen molar-refractivity contribution in [2.24, 2.45) is 0 Å². The summed E-state index contributed by atoms with van der Waals surface area (Å²) in [5.41, 5.74) is -1.04. The van der Waals surface area contributed by atoms with E-state index in [1.807, 2.05) is 0 Å². The Morgan fingerprint density at radius 2 is 2.13 bits per heavy atom. The fourth-order valence-corrected chi connectivity index (χ4v) is 2.09. The van der Waals surface area contributed by atoms with Gasteiger partial charge in [-0.1, -0.05) is 13.8 Å². The molecule has 1 saturated heterocycles. The lowest BCUT2D eigenvalue weighted by atomic mass is 9.90. The zero-order valence-electron chi connectivity index (χ0n) is 9.25. The van der Waals surface area contributed by atoms with E-state index in [1.54, 1.807) is 13.8 Å². The van der Waals surface area contributed by atoms with Gasteiger partial charge < -0.3 is 15.3 Å². The van der Waals surface area contributed by atoms with E-state index in [1.165, 1.54) is 4.90 Å². The lowest BCUT2D eigenvalue weighted by Gasteiger charge is -2.41. The molecule has 5 nitrogen and oxygen atoms in total. The Kier molecular flexibility index (Phi) is 3.55. The van der Waals surface area contributed by atoms with Crippen LogP contribution in [0.15, 0.2) is 0 Å². The summed E-state index contributed by atoms with van der Waals surface area (Å²) in [5.74, 6) is -0.912. The van der Waals surface area contributed by atoms with Gasteiger partial charge in [-0.2, -0.15) is 0 Å². The smallest absolute Gasteiger partial charge is 0.329 e. The second-order valence-electron chi connectivity index (χ2n) is 3.78. The monoisotopic (exact) mass is 214 g/mol. The van der Waals surface area contributed by atoms with Crippen LogP contribution in [-0.4, -0.2) is 40.6 Å². The van der Waals surface area contributed by atoms with Crippen molar-refractivity contribution in [3.63, 3.8) is 0 Å². The van der Waals surface area contributed by atoms with Gasteiger partial charge in [-0.05, 0) is 19.3 Å². The quantitative estimate of drug-likeness (QED) is 0.734. The molecule has 2 N–H and O–H groups in total. The summed E-state index contributed by atoms with van der Waals surface area (Å²) in [6.07, 6.45) is 1.68. The van der Waals surface area contributed by atoms with Crippen molar-refractivity contribution in [1.29, 1.82) is 0 Å². The topological polar surface area (TPSA) is 69.6 Å². The summed E-state index contributed by atoms with van der Waals surface area (Å²) in [5, 5.41) is 12.0. The number of urea groups is 1. The molecule has 1 aliphatic heterocycles. The average Bonchev–Trinajstić information content (AvgIpc) is 2.22. The zero-order valence-corrected chi connectivity index (χ0v) is 9.25. The molecule has 1 rings (SSSR count). The van der Waals surface area contributed by atoms with Gasteiger partial charge in [-0.15, -0.1) is 0 Å². The number of hydrogen-bond acceptors (Lipinski definition) is 2. The van der Waals surface area contributed by atoms with E-state index in [4.69, 9.17) is 0 Å². The van der Waals surface area contributed by atoms with Gasteiger partial charge in [0.25, 0.3) is 0 Å². The SMILES string of the molecule is CCC(CC)(C(=O)O)N1CCCNC1=O. The highest BCUT2D eigenvalue weighted by atomic mass is 16.4. The Balaban J connectivity index is 2.96. The first kappa shape index (κ1) is 11.8. The minimum atomic E-state index is -1.04. The first-order valence-electron chi connectivity index (χ1n) is 5.37. The molecule has 0 unspecified atom stereocenters. The number of carbonyl (C=O) groups excluding carboxylic acids is 1. The van der Waals surface area contributed by atoms with Gasteiger partial charge in [0, 0.05) is 13.1 Å².